The highest BCUT2D eigenvalue weighted by Crippen LogP contribution is 2.29. The van der Waals surface area contributed by atoms with E-state index in [1.807, 2.05) is 56.3 Å². The van der Waals surface area contributed by atoms with Crippen LogP contribution in [-0.2, 0) is 20.1 Å². The molecule has 2 aromatic heterocycles. The van der Waals surface area contributed by atoms with Gasteiger partial charge in [0.05, 0.1) is 12.2 Å². The highest BCUT2D eigenvalue weighted by atomic mass is 16.2. The van der Waals surface area contributed by atoms with Crippen molar-refractivity contribution in [1.29, 1.82) is 0 Å². The van der Waals surface area contributed by atoms with Crippen LogP contribution in [0.2, 0.25) is 0 Å². The fraction of sp³-hybridized carbons (Fsp3) is 0.214. The molecule has 8 nitrogen and oxygen atoms in total. The summed E-state index contributed by atoms with van der Waals surface area (Å²) in [5.41, 5.74) is 7.55. The smallest absolute Gasteiger partial charge is 0.332 e. The minimum atomic E-state index is -0.564. The Morgan fingerprint density at radius 2 is 1.72 bits per heavy atom. The first-order valence-corrected chi connectivity index (χ1v) is 11.8. The van der Waals surface area contributed by atoms with Crippen LogP contribution in [0.1, 0.15) is 29.8 Å². The van der Waals surface area contributed by atoms with Crippen LogP contribution in [0.25, 0.3) is 33.1 Å². The van der Waals surface area contributed by atoms with Gasteiger partial charge in [-0.25, -0.2) is 4.79 Å². The maximum absolute atomic E-state index is 13.5. The van der Waals surface area contributed by atoms with Gasteiger partial charge in [0.25, 0.3) is 5.56 Å². The van der Waals surface area contributed by atoms with Gasteiger partial charge < -0.3 is 5.73 Å². The fourth-order valence-corrected chi connectivity index (χ4v) is 4.71. The number of primary amides is 1. The summed E-state index contributed by atoms with van der Waals surface area (Å²) < 4.78 is 4.43. The van der Waals surface area contributed by atoms with Gasteiger partial charge in [0.15, 0.2) is 5.65 Å². The summed E-state index contributed by atoms with van der Waals surface area (Å²) >= 11 is 0. The number of nitrogens with two attached hydrogens (primary N) is 1. The van der Waals surface area contributed by atoms with E-state index in [-0.39, 0.29) is 5.92 Å². The summed E-state index contributed by atoms with van der Waals surface area (Å²) in [6.45, 7) is 4.79. The fourth-order valence-electron chi connectivity index (χ4n) is 4.71. The van der Waals surface area contributed by atoms with Crippen molar-refractivity contribution >= 4 is 27.7 Å². The Morgan fingerprint density at radius 3 is 2.47 bits per heavy atom. The highest BCUT2D eigenvalue weighted by molar-refractivity contribution is 5.96. The maximum atomic E-state index is 13.5. The van der Waals surface area contributed by atoms with Crippen molar-refractivity contribution in [2.24, 2.45) is 18.7 Å². The number of nitrogens with zero attached hydrogens (tertiary/aromatic N) is 4. The third kappa shape index (κ3) is 3.90. The number of amides is 1. The van der Waals surface area contributed by atoms with E-state index < -0.39 is 17.2 Å². The first-order valence-electron chi connectivity index (χ1n) is 11.8. The molecule has 0 aliphatic carbocycles. The van der Waals surface area contributed by atoms with Crippen LogP contribution in [0.15, 0.2) is 76.3 Å². The molecule has 0 fully saturated rings. The van der Waals surface area contributed by atoms with Crippen molar-refractivity contribution in [3.63, 3.8) is 0 Å². The molecule has 0 saturated carbocycles. The predicted octanol–water partition coefficient (Wildman–Crippen LogP) is 3.52. The van der Waals surface area contributed by atoms with E-state index in [4.69, 9.17) is 10.8 Å². The topological polar surface area (TPSA) is 105 Å². The molecule has 2 N–H and O–H groups in total. The molecule has 0 aliphatic heterocycles. The summed E-state index contributed by atoms with van der Waals surface area (Å²) in [6, 6.07) is 21.0. The van der Waals surface area contributed by atoms with Crippen LogP contribution in [-0.4, -0.2) is 24.8 Å². The molecule has 36 heavy (non-hydrogen) atoms. The first kappa shape index (κ1) is 23.3. The van der Waals surface area contributed by atoms with Gasteiger partial charge in [0, 0.05) is 24.7 Å². The molecular weight excluding hydrogens is 454 g/mol. The van der Waals surface area contributed by atoms with Crippen molar-refractivity contribution in [2.75, 3.05) is 0 Å². The number of carbonyl (C=O) groups excluding carboxylic acids is 1. The van der Waals surface area contributed by atoms with Crippen molar-refractivity contribution in [3.05, 3.63) is 98.7 Å². The first-order chi connectivity index (χ1) is 17.3. The summed E-state index contributed by atoms with van der Waals surface area (Å²) in [7, 11) is 1.48. The van der Waals surface area contributed by atoms with Crippen molar-refractivity contribution in [1.82, 2.24) is 18.9 Å². The number of aromatic nitrogens is 4. The normalized spacial score (nSPS) is 11.6. The van der Waals surface area contributed by atoms with Crippen LogP contribution < -0.4 is 17.0 Å². The van der Waals surface area contributed by atoms with Crippen LogP contribution >= 0.6 is 0 Å². The third-order valence-electron chi connectivity index (χ3n) is 6.39. The summed E-state index contributed by atoms with van der Waals surface area (Å²) in [5, 5.41) is 7.33. The Bertz CT molecular complexity index is 1750. The third-order valence-corrected chi connectivity index (χ3v) is 6.39. The van der Waals surface area contributed by atoms with Crippen LogP contribution in [0.4, 0.5) is 0 Å². The van der Waals surface area contributed by atoms with Gasteiger partial charge in [-0.1, -0.05) is 68.4 Å². The minimum Gasteiger partial charge on any atom is -0.366 e. The van der Waals surface area contributed by atoms with Gasteiger partial charge in [-0.3, -0.25) is 23.4 Å². The average Bonchev–Trinajstić information content (AvgIpc) is 3.24. The molecule has 0 saturated heterocycles. The minimum absolute atomic E-state index is 0.160. The molecule has 1 amide bonds. The van der Waals surface area contributed by atoms with E-state index in [0.29, 0.717) is 40.9 Å². The second-order valence-corrected chi connectivity index (χ2v) is 9.44. The Kier molecular flexibility index (Phi) is 5.80. The number of hydrogen-bond donors (Lipinski definition) is 1. The van der Waals surface area contributed by atoms with Crippen molar-refractivity contribution < 1.29 is 4.79 Å². The molecule has 5 aromatic rings. The van der Waals surface area contributed by atoms with Crippen molar-refractivity contribution in [2.45, 2.75) is 26.9 Å². The summed E-state index contributed by atoms with van der Waals surface area (Å²) in [4.78, 5) is 38.5. The molecule has 0 bridgehead atoms. The maximum Gasteiger partial charge on any atom is 0.332 e. The van der Waals surface area contributed by atoms with Crippen LogP contribution in [0.3, 0.4) is 0 Å². The monoisotopic (exact) mass is 481 g/mol. The van der Waals surface area contributed by atoms with Crippen molar-refractivity contribution in [3.8, 4) is 11.3 Å². The zero-order valence-electron chi connectivity index (χ0n) is 20.4. The van der Waals surface area contributed by atoms with Gasteiger partial charge in [0.2, 0.25) is 5.91 Å². The Hall–Kier alpha value is -4.46. The molecule has 2 heterocycles. The molecule has 3 aromatic carbocycles. The SMILES string of the molecule is CC(C)Cn1c(=O)n(C)c(=O)c2c(-c3cccc(C(N)=O)c3)n(Cc3cccc4ccccc34)nc21. The molecule has 0 atom stereocenters. The standard InChI is InChI=1S/C28H27N5O3/c1-17(2)15-32-26-23(27(35)31(3)28(32)36)24(19-10-7-11-20(14-19)25(29)34)33(30-26)16-21-12-6-9-18-8-4-5-13-22(18)21/h4-14,17H,15-16H2,1-3H3,(H2,29,34). The zero-order chi connectivity index (χ0) is 25.6. The van der Waals surface area contributed by atoms with E-state index in [1.54, 1.807) is 27.4 Å². The van der Waals surface area contributed by atoms with Gasteiger partial charge in [-0.05, 0) is 34.4 Å². The molecule has 5 rings (SSSR count). The summed E-state index contributed by atoms with van der Waals surface area (Å²) in [6.07, 6.45) is 0. The Balaban J connectivity index is 1.86. The van der Waals surface area contributed by atoms with Gasteiger partial charge in [-0.15, -0.1) is 0 Å². The Morgan fingerprint density at radius 1 is 1.00 bits per heavy atom. The molecule has 8 heteroatoms. The van der Waals surface area contributed by atoms with E-state index >= 15 is 0 Å². The lowest BCUT2D eigenvalue weighted by atomic mass is 10.0. The lowest BCUT2D eigenvalue weighted by Crippen LogP contribution is -2.38. The molecular formula is C28H27N5O3. The van der Waals surface area contributed by atoms with E-state index in [2.05, 4.69) is 6.07 Å². The Labute approximate surface area is 207 Å². The lowest BCUT2D eigenvalue weighted by Gasteiger charge is -2.11. The quantitative estimate of drug-likeness (QED) is 0.401. The molecule has 0 aliphatic rings. The number of benzene rings is 3. The summed E-state index contributed by atoms with van der Waals surface area (Å²) in [5.74, 6) is -0.404. The molecule has 0 radical (unpaired) electrons. The second kappa shape index (κ2) is 8.96. The number of fused-ring (bicyclic) bond motifs is 2. The number of rotatable bonds is 6. The van der Waals surface area contributed by atoms with Crippen LogP contribution in [0.5, 0.6) is 0 Å². The van der Waals surface area contributed by atoms with E-state index in [0.717, 1.165) is 20.9 Å². The molecule has 0 spiro atoms. The predicted molar refractivity (Wildman–Crippen MR) is 141 cm³/mol. The number of hydrogen-bond acceptors (Lipinski definition) is 4. The average molecular weight is 482 g/mol. The molecule has 182 valence electrons. The van der Waals surface area contributed by atoms with Gasteiger partial charge >= 0.3 is 5.69 Å². The van der Waals surface area contributed by atoms with E-state index in [1.165, 1.54) is 7.05 Å². The highest BCUT2D eigenvalue weighted by Gasteiger charge is 2.23. The second-order valence-electron chi connectivity index (χ2n) is 9.44. The zero-order valence-corrected chi connectivity index (χ0v) is 20.4. The van der Waals surface area contributed by atoms with Gasteiger partial charge in [0.1, 0.15) is 5.39 Å². The van der Waals surface area contributed by atoms with Crippen LogP contribution in [0, 0.1) is 5.92 Å². The number of carbonyl (C=O) groups is 1. The largest absolute Gasteiger partial charge is 0.366 e. The molecule has 0 unspecified atom stereocenters. The van der Waals surface area contributed by atoms with Gasteiger partial charge in [-0.2, -0.15) is 5.10 Å². The lowest BCUT2D eigenvalue weighted by molar-refractivity contribution is 0.100. The van der Waals surface area contributed by atoms with E-state index in [9.17, 15) is 14.4 Å².